The van der Waals surface area contributed by atoms with E-state index < -0.39 is 12.0 Å². The molecule has 0 aliphatic heterocycles. The lowest BCUT2D eigenvalue weighted by Crippen LogP contribution is -2.36. The van der Waals surface area contributed by atoms with Crippen LogP contribution in [0.15, 0.2) is 0 Å². The molecule has 0 bridgehead atoms. The summed E-state index contributed by atoms with van der Waals surface area (Å²) < 4.78 is 4.47. The summed E-state index contributed by atoms with van der Waals surface area (Å²) in [6.45, 7) is 0.611. The molecule has 0 saturated carbocycles. The first-order valence-electron chi connectivity index (χ1n) is 4.37. The Bertz CT molecular complexity index is 208. The number of nitrogens with two attached hydrogens (primary N) is 2. The number of carbonyl (C=O) groups excluding carboxylic acids is 1. The first-order chi connectivity index (χ1) is 6.49. The Morgan fingerprint density at radius 3 is 2.64 bits per heavy atom. The van der Waals surface area contributed by atoms with Gasteiger partial charge in [0.05, 0.1) is 7.11 Å². The molecule has 0 rings (SSSR count). The van der Waals surface area contributed by atoms with Gasteiger partial charge in [0, 0.05) is 13.6 Å². The van der Waals surface area contributed by atoms with Crippen molar-refractivity contribution in [2.24, 2.45) is 11.5 Å². The Balaban J connectivity index is 3.64. The average Bonchev–Trinajstić information content (AvgIpc) is 2.15. The summed E-state index contributed by atoms with van der Waals surface area (Å²) >= 11 is 0. The normalized spacial score (nSPS) is 11.9. The van der Waals surface area contributed by atoms with Crippen molar-refractivity contribution in [1.29, 1.82) is 5.41 Å². The first kappa shape index (κ1) is 12.7. The quantitative estimate of drug-likeness (QED) is 0.304. The van der Waals surface area contributed by atoms with Crippen LogP contribution in [0.25, 0.3) is 0 Å². The highest BCUT2D eigenvalue weighted by atomic mass is 16.5. The van der Waals surface area contributed by atoms with Gasteiger partial charge in [0.2, 0.25) is 0 Å². The minimum absolute atomic E-state index is 0.0108. The second-order valence-corrected chi connectivity index (χ2v) is 3.08. The maximum absolute atomic E-state index is 10.9. The van der Waals surface area contributed by atoms with Crippen LogP contribution in [0, 0.1) is 5.41 Å². The van der Waals surface area contributed by atoms with Crippen LogP contribution < -0.4 is 11.5 Å². The van der Waals surface area contributed by atoms with Crippen molar-refractivity contribution in [2.75, 3.05) is 20.7 Å². The van der Waals surface area contributed by atoms with E-state index in [1.54, 1.807) is 11.9 Å². The van der Waals surface area contributed by atoms with Gasteiger partial charge in [-0.2, -0.15) is 0 Å². The standard InChI is InChI=1S/C8H18N4O2/c1-12(8(10)11)5-3-4-6(9)7(13)14-2/h6H,3-5,9H2,1-2H3,(H3,10,11)/t6-/m0/s1. The summed E-state index contributed by atoms with van der Waals surface area (Å²) in [6, 6.07) is -0.583. The van der Waals surface area contributed by atoms with Crippen LogP contribution in [-0.2, 0) is 9.53 Å². The predicted molar refractivity (Wildman–Crippen MR) is 53.8 cm³/mol. The molecular formula is C8H18N4O2. The fourth-order valence-corrected chi connectivity index (χ4v) is 0.938. The predicted octanol–water partition coefficient (Wildman–Crippen LogP) is -0.908. The van der Waals surface area contributed by atoms with Crippen LogP contribution in [0.2, 0.25) is 0 Å². The van der Waals surface area contributed by atoms with Crippen LogP contribution >= 0.6 is 0 Å². The van der Waals surface area contributed by atoms with Crippen molar-refractivity contribution in [2.45, 2.75) is 18.9 Å². The van der Waals surface area contributed by atoms with Crippen LogP contribution in [0.4, 0.5) is 0 Å². The number of ether oxygens (including phenoxy) is 1. The number of rotatable bonds is 5. The maximum Gasteiger partial charge on any atom is 0.322 e. The molecule has 0 aliphatic carbocycles. The molecule has 6 heteroatoms. The van der Waals surface area contributed by atoms with E-state index in [0.29, 0.717) is 19.4 Å². The molecule has 0 unspecified atom stereocenters. The molecule has 0 amide bonds. The summed E-state index contributed by atoms with van der Waals surface area (Å²) in [5.41, 5.74) is 10.7. The Morgan fingerprint density at radius 1 is 1.64 bits per heavy atom. The van der Waals surface area contributed by atoms with Gasteiger partial charge in [0.15, 0.2) is 5.96 Å². The van der Waals surface area contributed by atoms with Gasteiger partial charge in [0.1, 0.15) is 6.04 Å². The molecule has 0 aromatic rings. The Labute approximate surface area is 83.7 Å². The van der Waals surface area contributed by atoms with Gasteiger partial charge in [-0.3, -0.25) is 10.2 Å². The second-order valence-electron chi connectivity index (χ2n) is 3.08. The second kappa shape index (κ2) is 6.20. The molecule has 14 heavy (non-hydrogen) atoms. The van der Waals surface area contributed by atoms with Crippen LogP contribution in [0.3, 0.4) is 0 Å². The van der Waals surface area contributed by atoms with Crippen molar-refractivity contribution in [3.8, 4) is 0 Å². The number of hydrogen-bond acceptors (Lipinski definition) is 4. The highest BCUT2D eigenvalue weighted by Gasteiger charge is 2.13. The zero-order valence-electron chi connectivity index (χ0n) is 8.62. The molecule has 0 heterocycles. The van der Waals surface area contributed by atoms with Gasteiger partial charge in [-0.1, -0.05) is 0 Å². The summed E-state index contributed by atoms with van der Waals surface area (Å²) in [5.74, 6) is -0.396. The van der Waals surface area contributed by atoms with E-state index in [1.807, 2.05) is 0 Å². The van der Waals surface area contributed by atoms with Crippen molar-refractivity contribution in [1.82, 2.24) is 4.90 Å². The lowest BCUT2D eigenvalue weighted by Gasteiger charge is -2.17. The molecule has 0 aromatic heterocycles. The Hall–Kier alpha value is -1.30. The van der Waals surface area contributed by atoms with Gasteiger partial charge in [-0.15, -0.1) is 0 Å². The topological polar surface area (TPSA) is 105 Å². The third-order valence-electron chi connectivity index (χ3n) is 1.92. The minimum Gasteiger partial charge on any atom is -0.468 e. The van der Waals surface area contributed by atoms with E-state index in [0.717, 1.165) is 0 Å². The van der Waals surface area contributed by atoms with Gasteiger partial charge in [0.25, 0.3) is 0 Å². The summed E-state index contributed by atoms with van der Waals surface area (Å²) in [4.78, 5) is 12.5. The van der Waals surface area contributed by atoms with E-state index in [-0.39, 0.29) is 5.96 Å². The molecule has 0 saturated heterocycles. The van der Waals surface area contributed by atoms with Gasteiger partial charge < -0.3 is 21.1 Å². The summed E-state index contributed by atoms with van der Waals surface area (Å²) in [5, 5.41) is 7.09. The van der Waals surface area contributed by atoms with E-state index >= 15 is 0 Å². The van der Waals surface area contributed by atoms with Gasteiger partial charge >= 0.3 is 5.97 Å². The summed E-state index contributed by atoms with van der Waals surface area (Å²) in [6.07, 6.45) is 1.23. The SMILES string of the molecule is COC(=O)[C@@H](N)CCCN(C)C(=N)N. The minimum atomic E-state index is -0.583. The Kier molecular flexibility index (Phi) is 5.62. The van der Waals surface area contributed by atoms with Crippen LogP contribution in [0.1, 0.15) is 12.8 Å². The maximum atomic E-state index is 10.9. The highest BCUT2D eigenvalue weighted by Crippen LogP contribution is 1.97. The van der Waals surface area contributed by atoms with E-state index in [2.05, 4.69) is 4.74 Å². The summed E-state index contributed by atoms with van der Waals surface area (Å²) in [7, 11) is 3.02. The van der Waals surface area contributed by atoms with Crippen molar-refractivity contribution in [3.63, 3.8) is 0 Å². The lowest BCUT2D eigenvalue weighted by atomic mass is 10.1. The third-order valence-corrected chi connectivity index (χ3v) is 1.92. The molecular weight excluding hydrogens is 184 g/mol. The van der Waals surface area contributed by atoms with Crippen LogP contribution in [-0.4, -0.2) is 43.6 Å². The number of nitrogens with one attached hydrogen (secondary N) is 1. The number of hydrogen-bond donors (Lipinski definition) is 3. The number of guanidine groups is 1. The molecule has 0 spiro atoms. The first-order valence-corrected chi connectivity index (χ1v) is 4.37. The molecule has 0 aromatic carbocycles. The van der Waals surface area contributed by atoms with Crippen molar-refractivity contribution in [3.05, 3.63) is 0 Å². The molecule has 6 nitrogen and oxygen atoms in total. The lowest BCUT2D eigenvalue weighted by molar-refractivity contribution is -0.142. The zero-order valence-corrected chi connectivity index (χ0v) is 8.62. The monoisotopic (exact) mass is 202 g/mol. The fraction of sp³-hybridized carbons (Fsp3) is 0.750. The van der Waals surface area contributed by atoms with E-state index in [4.69, 9.17) is 16.9 Å². The fourth-order valence-electron chi connectivity index (χ4n) is 0.938. The molecule has 0 radical (unpaired) electrons. The Morgan fingerprint density at radius 2 is 2.21 bits per heavy atom. The molecule has 1 atom stereocenters. The number of carbonyl (C=O) groups is 1. The van der Waals surface area contributed by atoms with Crippen LogP contribution in [0.5, 0.6) is 0 Å². The number of nitrogens with zero attached hydrogens (tertiary/aromatic N) is 1. The largest absolute Gasteiger partial charge is 0.468 e. The third kappa shape index (κ3) is 4.66. The smallest absolute Gasteiger partial charge is 0.322 e. The number of methoxy groups -OCH3 is 1. The molecule has 0 fully saturated rings. The number of esters is 1. The van der Waals surface area contributed by atoms with E-state index in [1.165, 1.54) is 7.11 Å². The van der Waals surface area contributed by atoms with E-state index in [9.17, 15) is 4.79 Å². The average molecular weight is 202 g/mol. The van der Waals surface area contributed by atoms with Crippen molar-refractivity contribution < 1.29 is 9.53 Å². The van der Waals surface area contributed by atoms with Crippen molar-refractivity contribution >= 4 is 11.9 Å². The molecule has 82 valence electrons. The van der Waals surface area contributed by atoms with Gasteiger partial charge in [-0.25, -0.2) is 0 Å². The van der Waals surface area contributed by atoms with Gasteiger partial charge in [-0.05, 0) is 12.8 Å². The zero-order chi connectivity index (χ0) is 11.1. The molecule has 0 aliphatic rings. The highest BCUT2D eigenvalue weighted by molar-refractivity contribution is 5.75. The molecule has 5 N–H and O–H groups in total.